The number of phenols is 1. The van der Waals surface area contributed by atoms with Crippen molar-refractivity contribution in [1.29, 1.82) is 0 Å². The lowest BCUT2D eigenvalue weighted by Crippen LogP contribution is -2.34. The molecule has 2 aromatic rings. The molecule has 0 saturated heterocycles. The fourth-order valence-electron chi connectivity index (χ4n) is 2.06. The molecule has 1 heterocycles. The highest BCUT2D eigenvalue weighted by atomic mass is 16.5. The van der Waals surface area contributed by atoms with Crippen molar-refractivity contribution in [2.24, 2.45) is 0 Å². The third-order valence-corrected chi connectivity index (χ3v) is 3.37. The van der Waals surface area contributed by atoms with Crippen molar-refractivity contribution in [2.45, 2.75) is 0 Å². The topological polar surface area (TPSA) is 110 Å². The zero-order chi connectivity index (χ0) is 18.8. The summed E-state index contributed by atoms with van der Waals surface area (Å²) in [5.41, 5.74) is 0.740. The lowest BCUT2D eigenvalue weighted by Gasteiger charge is -2.11. The smallest absolute Gasteiger partial charge is 0.256 e. The molecule has 0 atom stereocenters. The molecule has 0 bridgehead atoms. The van der Waals surface area contributed by atoms with Gasteiger partial charge in [-0.15, -0.1) is 0 Å². The Hall–Kier alpha value is -3.13. The summed E-state index contributed by atoms with van der Waals surface area (Å²) in [7, 11) is 1.56. The third-order valence-electron chi connectivity index (χ3n) is 3.37. The van der Waals surface area contributed by atoms with Crippen LogP contribution in [0.5, 0.6) is 11.6 Å². The van der Waals surface area contributed by atoms with Crippen LogP contribution in [0.25, 0.3) is 0 Å². The molecule has 0 spiro atoms. The van der Waals surface area contributed by atoms with Crippen molar-refractivity contribution >= 4 is 11.8 Å². The van der Waals surface area contributed by atoms with Crippen LogP contribution in [0, 0.1) is 0 Å². The average molecular weight is 359 g/mol. The Morgan fingerprint density at radius 1 is 1.04 bits per heavy atom. The van der Waals surface area contributed by atoms with E-state index >= 15 is 0 Å². The Kier molecular flexibility index (Phi) is 7.38. The Morgan fingerprint density at radius 3 is 2.42 bits per heavy atom. The first-order valence-electron chi connectivity index (χ1n) is 8.04. The van der Waals surface area contributed by atoms with E-state index in [4.69, 9.17) is 9.47 Å². The highest BCUT2D eigenvalue weighted by Gasteiger charge is 2.13. The number of carbonyl (C=O) groups is 2. The van der Waals surface area contributed by atoms with Gasteiger partial charge >= 0.3 is 0 Å². The summed E-state index contributed by atoms with van der Waals surface area (Å²) in [6.45, 7) is 1.18. The zero-order valence-electron chi connectivity index (χ0n) is 14.4. The van der Waals surface area contributed by atoms with Gasteiger partial charge in [-0.25, -0.2) is 4.98 Å². The fourth-order valence-corrected chi connectivity index (χ4v) is 2.06. The predicted molar refractivity (Wildman–Crippen MR) is 94.4 cm³/mol. The number of hydrogen-bond donors (Lipinski definition) is 3. The molecular weight excluding hydrogens is 338 g/mol. The maximum atomic E-state index is 12.2. The Morgan fingerprint density at radius 2 is 1.73 bits per heavy atom. The predicted octanol–water partition coefficient (Wildman–Crippen LogP) is 0.972. The van der Waals surface area contributed by atoms with E-state index < -0.39 is 0 Å². The van der Waals surface area contributed by atoms with Crippen LogP contribution in [0.2, 0.25) is 0 Å². The maximum absolute atomic E-state index is 12.2. The highest BCUT2D eigenvalue weighted by Crippen LogP contribution is 2.14. The highest BCUT2D eigenvalue weighted by molar-refractivity contribution is 5.96. The van der Waals surface area contributed by atoms with Crippen LogP contribution in [-0.4, -0.2) is 55.3 Å². The lowest BCUT2D eigenvalue weighted by molar-refractivity contribution is 0.0922. The molecule has 3 N–H and O–H groups in total. The number of benzene rings is 1. The van der Waals surface area contributed by atoms with Gasteiger partial charge in [0.15, 0.2) is 0 Å². The molecule has 0 aliphatic carbocycles. The second-order valence-corrected chi connectivity index (χ2v) is 5.26. The van der Waals surface area contributed by atoms with Gasteiger partial charge < -0.3 is 25.2 Å². The van der Waals surface area contributed by atoms with Crippen molar-refractivity contribution in [1.82, 2.24) is 15.6 Å². The van der Waals surface area contributed by atoms with Gasteiger partial charge in [0.1, 0.15) is 17.9 Å². The summed E-state index contributed by atoms with van der Waals surface area (Å²) >= 11 is 0. The van der Waals surface area contributed by atoms with Crippen LogP contribution in [0.1, 0.15) is 20.7 Å². The monoisotopic (exact) mass is 359 g/mol. The van der Waals surface area contributed by atoms with Crippen LogP contribution in [0.15, 0.2) is 42.6 Å². The number of pyridine rings is 1. The van der Waals surface area contributed by atoms with Gasteiger partial charge in [-0.3, -0.25) is 9.59 Å². The number of carbonyl (C=O) groups excluding carboxylic acids is 2. The molecule has 2 rings (SSSR count). The molecule has 0 unspecified atom stereocenters. The molecule has 1 aromatic heterocycles. The number of aromatic nitrogens is 1. The van der Waals surface area contributed by atoms with Crippen LogP contribution < -0.4 is 15.4 Å². The largest absolute Gasteiger partial charge is 0.508 e. The van der Waals surface area contributed by atoms with E-state index in [0.29, 0.717) is 17.7 Å². The van der Waals surface area contributed by atoms with Crippen LogP contribution in [0.4, 0.5) is 0 Å². The average Bonchev–Trinajstić information content (AvgIpc) is 2.66. The van der Waals surface area contributed by atoms with Crippen molar-refractivity contribution in [2.75, 3.05) is 33.4 Å². The summed E-state index contributed by atoms with van der Waals surface area (Å²) in [4.78, 5) is 28.2. The minimum atomic E-state index is -0.343. The standard InChI is InChI=1S/C18H21N3O5/c1-25-11-12-26-18-15(3-2-8-21-18)17(24)20-10-9-19-16(23)13-4-6-14(22)7-5-13/h2-8,22H,9-12H2,1H3,(H,19,23)(H,20,24). The van der Waals surface area contributed by atoms with Gasteiger partial charge in [0.25, 0.3) is 11.8 Å². The van der Waals surface area contributed by atoms with Gasteiger partial charge in [0.05, 0.1) is 6.61 Å². The lowest BCUT2D eigenvalue weighted by atomic mass is 10.2. The first kappa shape index (κ1) is 19.2. The van der Waals surface area contributed by atoms with E-state index in [9.17, 15) is 14.7 Å². The number of hydrogen-bond acceptors (Lipinski definition) is 6. The molecule has 0 aliphatic rings. The molecule has 26 heavy (non-hydrogen) atoms. The zero-order valence-corrected chi connectivity index (χ0v) is 14.4. The summed E-state index contributed by atoms with van der Waals surface area (Å²) in [5.74, 6) is -0.308. The second kappa shape index (κ2) is 10.00. The van der Waals surface area contributed by atoms with Gasteiger partial charge in [0, 0.05) is 32.0 Å². The number of aromatic hydroxyl groups is 1. The van der Waals surface area contributed by atoms with E-state index in [-0.39, 0.29) is 43.1 Å². The molecule has 0 radical (unpaired) electrons. The molecule has 138 valence electrons. The summed E-state index contributed by atoms with van der Waals surface area (Å²) in [6.07, 6.45) is 1.54. The van der Waals surface area contributed by atoms with Gasteiger partial charge in [0.2, 0.25) is 5.88 Å². The summed E-state index contributed by atoms with van der Waals surface area (Å²) in [6, 6.07) is 9.16. The minimum absolute atomic E-state index is 0.0915. The number of nitrogens with one attached hydrogen (secondary N) is 2. The van der Waals surface area contributed by atoms with Crippen molar-refractivity contribution < 1.29 is 24.2 Å². The first-order chi connectivity index (χ1) is 12.6. The molecule has 2 amide bonds. The SMILES string of the molecule is COCCOc1ncccc1C(=O)NCCNC(=O)c1ccc(O)cc1. The maximum Gasteiger partial charge on any atom is 0.256 e. The summed E-state index contributed by atoms with van der Waals surface area (Å²) in [5, 5.41) is 14.6. The quantitative estimate of drug-likeness (QED) is 0.576. The molecule has 8 heteroatoms. The van der Waals surface area contributed by atoms with Crippen molar-refractivity contribution in [3.63, 3.8) is 0 Å². The van der Waals surface area contributed by atoms with E-state index in [1.807, 2.05) is 0 Å². The first-order valence-corrected chi connectivity index (χ1v) is 8.04. The number of methoxy groups -OCH3 is 1. The van der Waals surface area contributed by atoms with E-state index in [1.54, 1.807) is 19.2 Å². The molecular formula is C18H21N3O5. The third kappa shape index (κ3) is 5.75. The van der Waals surface area contributed by atoms with Crippen molar-refractivity contribution in [3.8, 4) is 11.6 Å². The van der Waals surface area contributed by atoms with Crippen LogP contribution in [-0.2, 0) is 4.74 Å². The van der Waals surface area contributed by atoms with E-state index in [1.165, 1.54) is 30.5 Å². The normalized spacial score (nSPS) is 10.2. The molecule has 0 aliphatic heterocycles. The number of rotatable bonds is 9. The Bertz CT molecular complexity index is 734. The molecule has 8 nitrogen and oxygen atoms in total. The van der Waals surface area contributed by atoms with Crippen LogP contribution >= 0.6 is 0 Å². The van der Waals surface area contributed by atoms with Crippen LogP contribution in [0.3, 0.4) is 0 Å². The number of phenolic OH excluding ortho intramolecular Hbond substituents is 1. The molecule has 0 fully saturated rings. The number of amides is 2. The minimum Gasteiger partial charge on any atom is -0.508 e. The van der Waals surface area contributed by atoms with Gasteiger partial charge in [-0.05, 0) is 36.4 Å². The fraction of sp³-hybridized carbons (Fsp3) is 0.278. The Labute approximate surface area is 151 Å². The van der Waals surface area contributed by atoms with Gasteiger partial charge in [-0.2, -0.15) is 0 Å². The summed E-state index contributed by atoms with van der Waals surface area (Å²) < 4.78 is 10.3. The number of ether oxygens (including phenoxy) is 2. The molecule has 1 aromatic carbocycles. The second-order valence-electron chi connectivity index (χ2n) is 5.26. The number of nitrogens with zero attached hydrogens (tertiary/aromatic N) is 1. The van der Waals surface area contributed by atoms with E-state index in [2.05, 4.69) is 15.6 Å². The van der Waals surface area contributed by atoms with Crippen molar-refractivity contribution in [3.05, 3.63) is 53.7 Å². The van der Waals surface area contributed by atoms with E-state index in [0.717, 1.165) is 0 Å². The van der Waals surface area contributed by atoms with Gasteiger partial charge in [-0.1, -0.05) is 0 Å². The Balaban J connectivity index is 1.80. The molecule has 0 saturated carbocycles.